The zero-order valence-electron chi connectivity index (χ0n) is 23.2. The molecule has 42 heavy (non-hydrogen) atoms. The monoisotopic (exact) mass is 582 g/mol. The fraction of sp³-hybridized carbons (Fsp3) is 0.226. The third-order valence-corrected chi connectivity index (χ3v) is 7.86. The number of amides is 2. The number of nitriles is 1. The van der Waals surface area contributed by atoms with Crippen LogP contribution in [0.25, 0.3) is 10.8 Å². The molecule has 0 radical (unpaired) electrons. The largest absolute Gasteiger partial charge is 0.350 e. The standard InChI is InChI=1S/C31H27FN6O3S/c1-18-14-21(10-9-20(18)17-33)38-29(41)31(2,3)37(30(38)42)13-12-34-27(39)24-15-19(8-11-25(24)32)16-26-22-6-4-5-7-23(22)28(40)36-35-26/h4-11,14-15H,12-13,16H2,1-3H3,(H,34,39)(H,36,40). The zero-order valence-corrected chi connectivity index (χ0v) is 24.0. The van der Waals surface area contributed by atoms with E-state index in [1.54, 1.807) is 68.1 Å². The van der Waals surface area contributed by atoms with E-state index in [1.807, 2.05) is 6.07 Å². The van der Waals surface area contributed by atoms with Crippen LogP contribution in [0.15, 0.2) is 65.5 Å². The number of aromatic nitrogens is 2. The number of benzene rings is 3. The van der Waals surface area contributed by atoms with Crippen LogP contribution in [0.3, 0.4) is 0 Å². The van der Waals surface area contributed by atoms with Crippen LogP contribution in [-0.4, -0.2) is 50.7 Å². The Morgan fingerprint density at radius 1 is 1.12 bits per heavy atom. The highest BCUT2D eigenvalue weighted by Gasteiger charge is 2.49. The summed E-state index contributed by atoms with van der Waals surface area (Å²) >= 11 is 5.65. The third kappa shape index (κ3) is 5.12. The second-order valence-corrected chi connectivity index (χ2v) is 10.9. The smallest absolute Gasteiger partial charge is 0.272 e. The first kappa shape index (κ1) is 28.6. The van der Waals surface area contributed by atoms with Crippen LogP contribution >= 0.6 is 12.2 Å². The number of hydrogen-bond acceptors (Lipinski definition) is 6. The number of hydrogen-bond donors (Lipinski definition) is 2. The van der Waals surface area contributed by atoms with Gasteiger partial charge in [-0.2, -0.15) is 10.4 Å². The Hall–Kier alpha value is -4.95. The normalized spacial score (nSPS) is 14.4. The lowest BCUT2D eigenvalue weighted by Crippen LogP contribution is -2.47. The van der Waals surface area contributed by atoms with Gasteiger partial charge in [0.05, 0.1) is 34.0 Å². The van der Waals surface area contributed by atoms with E-state index < -0.39 is 17.3 Å². The van der Waals surface area contributed by atoms with E-state index in [9.17, 15) is 24.0 Å². The summed E-state index contributed by atoms with van der Waals surface area (Å²) in [5.74, 6) is -1.52. The van der Waals surface area contributed by atoms with Gasteiger partial charge in [0, 0.05) is 24.9 Å². The molecule has 1 aliphatic rings. The number of rotatable bonds is 7. The molecule has 1 fully saturated rings. The molecule has 0 aliphatic carbocycles. The van der Waals surface area contributed by atoms with Crippen LogP contribution < -0.4 is 15.8 Å². The van der Waals surface area contributed by atoms with Gasteiger partial charge < -0.3 is 10.2 Å². The molecule has 2 N–H and O–H groups in total. The second kappa shape index (κ2) is 11.1. The van der Waals surface area contributed by atoms with Crippen LogP contribution in [0.4, 0.5) is 10.1 Å². The molecule has 0 atom stereocenters. The number of aromatic amines is 1. The van der Waals surface area contributed by atoms with Gasteiger partial charge in [0.1, 0.15) is 11.4 Å². The average molecular weight is 583 g/mol. The molecule has 0 unspecified atom stereocenters. The summed E-state index contributed by atoms with van der Waals surface area (Å²) in [5.41, 5.74) is 1.62. The molecule has 11 heteroatoms. The van der Waals surface area contributed by atoms with Crippen LogP contribution in [0, 0.1) is 24.1 Å². The van der Waals surface area contributed by atoms with Crippen LogP contribution in [-0.2, 0) is 11.2 Å². The number of H-pyrrole nitrogens is 1. The molecular formula is C31H27FN6O3S. The summed E-state index contributed by atoms with van der Waals surface area (Å²) in [5, 5.41) is 20.1. The quantitative estimate of drug-likeness (QED) is 0.316. The van der Waals surface area contributed by atoms with Crippen molar-refractivity contribution < 1.29 is 14.0 Å². The molecule has 9 nitrogen and oxygen atoms in total. The van der Waals surface area contributed by atoms with Gasteiger partial charge in [-0.3, -0.25) is 19.3 Å². The maximum Gasteiger partial charge on any atom is 0.272 e. The summed E-state index contributed by atoms with van der Waals surface area (Å²) in [7, 11) is 0. The van der Waals surface area contributed by atoms with E-state index in [0.717, 1.165) is 5.56 Å². The maximum atomic E-state index is 14.7. The lowest BCUT2D eigenvalue weighted by atomic mass is 10.0. The van der Waals surface area contributed by atoms with E-state index in [-0.39, 0.29) is 41.7 Å². The Balaban J connectivity index is 1.29. The predicted octanol–water partition coefficient (Wildman–Crippen LogP) is 3.98. The summed E-state index contributed by atoms with van der Waals surface area (Å²) in [6, 6.07) is 18.5. The number of carbonyl (C=O) groups is 2. The van der Waals surface area contributed by atoms with Crippen LogP contribution in [0.2, 0.25) is 0 Å². The van der Waals surface area contributed by atoms with Crippen molar-refractivity contribution >= 4 is 45.6 Å². The molecule has 1 saturated heterocycles. The number of aryl methyl sites for hydroxylation is 1. The minimum Gasteiger partial charge on any atom is -0.350 e. The van der Waals surface area contributed by atoms with Gasteiger partial charge in [0.2, 0.25) is 0 Å². The first-order valence-corrected chi connectivity index (χ1v) is 13.6. The first-order valence-electron chi connectivity index (χ1n) is 13.2. The number of thiocarbonyl (C=S) groups is 1. The Bertz CT molecular complexity index is 1860. The molecule has 2 heterocycles. The third-order valence-electron chi connectivity index (χ3n) is 7.46. The highest BCUT2D eigenvalue weighted by molar-refractivity contribution is 7.80. The summed E-state index contributed by atoms with van der Waals surface area (Å²) in [6.45, 7) is 5.60. The predicted molar refractivity (Wildman–Crippen MR) is 161 cm³/mol. The molecule has 212 valence electrons. The Labute approximate surface area is 246 Å². The van der Waals surface area contributed by atoms with Gasteiger partial charge >= 0.3 is 0 Å². The first-order chi connectivity index (χ1) is 20.0. The van der Waals surface area contributed by atoms with E-state index in [4.69, 9.17) is 12.2 Å². The lowest BCUT2D eigenvalue weighted by molar-refractivity contribution is -0.123. The van der Waals surface area contributed by atoms with Crippen molar-refractivity contribution in [1.82, 2.24) is 20.4 Å². The number of halogens is 1. The van der Waals surface area contributed by atoms with Gasteiger partial charge in [0.15, 0.2) is 5.11 Å². The lowest BCUT2D eigenvalue weighted by Gasteiger charge is -2.29. The van der Waals surface area contributed by atoms with Crippen LogP contribution in [0.1, 0.15) is 46.6 Å². The van der Waals surface area contributed by atoms with E-state index in [1.165, 1.54) is 17.0 Å². The Kier molecular flexibility index (Phi) is 7.58. The van der Waals surface area contributed by atoms with Gasteiger partial charge in [-0.15, -0.1) is 0 Å². The van der Waals surface area contributed by atoms with Crippen molar-refractivity contribution in [2.24, 2.45) is 0 Å². The number of nitrogens with zero attached hydrogens (tertiary/aromatic N) is 4. The number of fused-ring (bicyclic) bond motifs is 1. The Morgan fingerprint density at radius 2 is 1.86 bits per heavy atom. The van der Waals surface area contributed by atoms with Gasteiger partial charge in [-0.1, -0.05) is 24.3 Å². The van der Waals surface area contributed by atoms with Gasteiger partial charge in [0.25, 0.3) is 17.4 Å². The van der Waals surface area contributed by atoms with E-state index in [2.05, 4.69) is 21.6 Å². The molecule has 0 bridgehead atoms. The van der Waals surface area contributed by atoms with Gasteiger partial charge in [-0.25, -0.2) is 9.49 Å². The molecule has 5 rings (SSSR count). The van der Waals surface area contributed by atoms with Crippen molar-refractivity contribution in [3.8, 4) is 6.07 Å². The van der Waals surface area contributed by atoms with E-state index >= 15 is 0 Å². The Morgan fingerprint density at radius 3 is 2.57 bits per heavy atom. The minimum absolute atomic E-state index is 0.103. The van der Waals surface area contributed by atoms with Crippen molar-refractivity contribution in [2.75, 3.05) is 18.0 Å². The summed E-state index contributed by atoms with van der Waals surface area (Å²) in [4.78, 5) is 41.6. The minimum atomic E-state index is -0.985. The molecule has 1 aromatic heterocycles. The van der Waals surface area contributed by atoms with Crippen molar-refractivity contribution in [2.45, 2.75) is 32.7 Å². The molecule has 3 aromatic carbocycles. The maximum absolute atomic E-state index is 14.7. The second-order valence-electron chi connectivity index (χ2n) is 10.5. The molecule has 0 saturated carbocycles. The average Bonchev–Trinajstić information content (AvgIpc) is 3.14. The molecular weight excluding hydrogens is 555 g/mol. The number of nitrogens with one attached hydrogen (secondary N) is 2. The van der Waals surface area contributed by atoms with Gasteiger partial charge in [-0.05, 0) is 80.5 Å². The van der Waals surface area contributed by atoms with Crippen LogP contribution in [0.5, 0.6) is 0 Å². The topological polar surface area (TPSA) is 122 Å². The van der Waals surface area contributed by atoms with Crippen molar-refractivity contribution in [1.29, 1.82) is 5.26 Å². The number of carbonyl (C=O) groups excluding carboxylic acids is 2. The summed E-state index contributed by atoms with van der Waals surface area (Å²) in [6.07, 6.45) is 0.279. The van der Waals surface area contributed by atoms with Crippen molar-refractivity contribution in [3.63, 3.8) is 0 Å². The van der Waals surface area contributed by atoms with Crippen molar-refractivity contribution in [3.05, 3.63) is 105 Å². The fourth-order valence-corrected chi connectivity index (χ4v) is 5.59. The molecule has 0 spiro atoms. The van der Waals surface area contributed by atoms with E-state index in [0.29, 0.717) is 33.3 Å². The number of anilines is 1. The SMILES string of the molecule is Cc1cc(N2C(=O)C(C)(C)N(CCNC(=O)c3cc(Cc4n[nH]c(=O)c5ccccc45)ccc3F)C2=S)ccc1C#N. The molecule has 4 aromatic rings. The highest BCUT2D eigenvalue weighted by atomic mass is 32.1. The molecule has 1 aliphatic heterocycles. The fourth-order valence-electron chi connectivity index (χ4n) is 5.08. The highest BCUT2D eigenvalue weighted by Crippen LogP contribution is 2.32. The summed E-state index contributed by atoms with van der Waals surface area (Å²) < 4.78 is 14.7. The molecule has 2 amide bonds. The zero-order chi connectivity index (χ0) is 30.2.